The molecule has 0 radical (unpaired) electrons. The molecule has 1 aliphatic rings. The van der Waals surface area contributed by atoms with Gasteiger partial charge in [0, 0.05) is 30.5 Å². The fourth-order valence-corrected chi connectivity index (χ4v) is 2.82. The van der Waals surface area contributed by atoms with Crippen LogP contribution in [0.4, 0.5) is 5.69 Å². The number of methoxy groups -OCH3 is 1. The van der Waals surface area contributed by atoms with Crippen LogP contribution >= 0.6 is 0 Å². The minimum atomic E-state index is -0.953. The quantitative estimate of drug-likeness (QED) is 0.497. The molecular weight excluding hydrogens is 316 g/mol. The molecule has 0 heterocycles. The van der Waals surface area contributed by atoms with Crippen molar-refractivity contribution in [3.05, 3.63) is 39.9 Å². The van der Waals surface area contributed by atoms with E-state index in [9.17, 15) is 24.5 Å². The lowest BCUT2D eigenvalue weighted by atomic mass is 9.83. The van der Waals surface area contributed by atoms with Gasteiger partial charge in [-0.15, -0.1) is 0 Å². The van der Waals surface area contributed by atoms with Crippen LogP contribution in [0.25, 0.3) is 0 Å². The highest BCUT2D eigenvalue weighted by Gasteiger charge is 2.34. The number of nitrogens with zero attached hydrogens (tertiary/aromatic N) is 1. The summed E-state index contributed by atoms with van der Waals surface area (Å²) in [5.41, 5.74) is -0.148. The van der Waals surface area contributed by atoms with Crippen molar-refractivity contribution in [1.82, 2.24) is 5.32 Å². The lowest BCUT2D eigenvalue weighted by Gasteiger charge is -2.28. The number of non-ortho nitro benzene ring substituents is 1. The second-order valence-corrected chi connectivity index (χ2v) is 5.68. The number of rotatable bonds is 5. The van der Waals surface area contributed by atoms with E-state index in [1.807, 2.05) is 0 Å². The monoisotopic (exact) mass is 334 g/mol. The van der Waals surface area contributed by atoms with Crippen LogP contribution in [0.15, 0.2) is 24.3 Å². The van der Waals surface area contributed by atoms with Crippen molar-refractivity contribution in [2.24, 2.45) is 5.92 Å². The number of benzene rings is 1. The smallest absolute Gasteiger partial charge is 0.328 e. The molecule has 1 saturated carbocycles. The van der Waals surface area contributed by atoms with E-state index in [0.29, 0.717) is 19.3 Å². The molecule has 8 nitrogen and oxygen atoms in total. The van der Waals surface area contributed by atoms with E-state index in [1.165, 1.54) is 25.3 Å². The Hall–Kier alpha value is -2.77. The van der Waals surface area contributed by atoms with E-state index in [-0.39, 0.29) is 29.4 Å². The fraction of sp³-hybridized carbons (Fsp3) is 0.438. The van der Waals surface area contributed by atoms with Crippen LogP contribution in [0.1, 0.15) is 36.0 Å². The highest BCUT2D eigenvalue weighted by Crippen LogP contribution is 2.25. The molecule has 24 heavy (non-hydrogen) atoms. The molecule has 0 unspecified atom stereocenters. The van der Waals surface area contributed by atoms with Gasteiger partial charge >= 0.3 is 5.97 Å². The zero-order valence-electron chi connectivity index (χ0n) is 13.2. The molecule has 0 saturated heterocycles. The van der Waals surface area contributed by atoms with Gasteiger partial charge in [-0.1, -0.05) is 6.07 Å². The van der Waals surface area contributed by atoms with Crippen molar-refractivity contribution in [3.8, 4) is 0 Å². The van der Waals surface area contributed by atoms with Crippen molar-refractivity contribution in [3.63, 3.8) is 0 Å². The molecule has 2 rings (SSSR count). The second-order valence-electron chi connectivity index (χ2n) is 5.68. The maximum Gasteiger partial charge on any atom is 0.328 e. The van der Waals surface area contributed by atoms with Crippen LogP contribution < -0.4 is 5.32 Å². The first-order valence-corrected chi connectivity index (χ1v) is 7.57. The largest absolute Gasteiger partial charge is 0.467 e. The van der Waals surface area contributed by atoms with Crippen molar-refractivity contribution in [1.29, 1.82) is 0 Å². The molecule has 0 bridgehead atoms. The lowest BCUT2D eigenvalue weighted by Crippen LogP contribution is -2.48. The third-order valence-corrected chi connectivity index (χ3v) is 4.05. The van der Waals surface area contributed by atoms with Gasteiger partial charge in [-0.25, -0.2) is 4.79 Å². The standard InChI is InChI=1S/C16H18N2O6/c1-24-16(21)14(10-4-3-7-13(19)9-10)17-15(20)11-5-2-6-12(8-11)18(22)23/h2,5-6,8,10,14H,3-4,7,9H2,1H3,(H,17,20)/t10-,14+/m0/s1. The Balaban J connectivity index is 2.18. The van der Waals surface area contributed by atoms with Crippen LogP contribution in [0, 0.1) is 16.0 Å². The number of hydrogen-bond acceptors (Lipinski definition) is 6. The van der Waals surface area contributed by atoms with Gasteiger partial charge in [0.15, 0.2) is 0 Å². The third-order valence-electron chi connectivity index (χ3n) is 4.05. The third kappa shape index (κ3) is 4.15. The normalized spacial score (nSPS) is 18.5. The Kier molecular flexibility index (Phi) is 5.62. The van der Waals surface area contributed by atoms with Gasteiger partial charge in [-0.05, 0) is 24.8 Å². The molecule has 128 valence electrons. The molecular formula is C16H18N2O6. The van der Waals surface area contributed by atoms with Gasteiger partial charge in [0.05, 0.1) is 12.0 Å². The van der Waals surface area contributed by atoms with Crippen LogP contribution in [0.2, 0.25) is 0 Å². The van der Waals surface area contributed by atoms with Gasteiger partial charge in [-0.3, -0.25) is 19.7 Å². The first kappa shape index (κ1) is 17.6. The maximum atomic E-state index is 12.3. The first-order chi connectivity index (χ1) is 11.4. The fourth-order valence-electron chi connectivity index (χ4n) is 2.82. The zero-order chi connectivity index (χ0) is 17.7. The van der Waals surface area contributed by atoms with E-state index in [4.69, 9.17) is 4.74 Å². The van der Waals surface area contributed by atoms with E-state index in [0.717, 1.165) is 6.07 Å². The summed E-state index contributed by atoms with van der Waals surface area (Å²) in [7, 11) is 1.21. The summed E-state index contributed by atoms with van der Waals surface area (Å²) in [5.74, 6) is -1.54. The predicted octanol–water partition coefficient (Wildman–Crippen LogP) is 1.63. The number of nitro groups is 1. The molecule has 8 heteroatoms. The summed E-state index contributed by atoms with van der Waals surface area (Å²) in [6, 6.07) is 4.27. The SMILES string of the molecule is COC(=O)[C@H](NC(=O)c1cccc([N+](=O)[O-])c1)[C@H]1CCCC(=O)C1. The summed E-state index contributed by atoms with van der Waals surface area (Å²) in [5, 5.41) is 13.4. The average Bonchev–Trinajstić information content (AvgIpc) is 2.58. The lowest BCUT2D eigenvalue weighted by molar-refractivity contribution is -0.384. The average molecular weight is 334 g/mol. The zero-order valence-corrected chi connectivity index (χ0v) is 13.2. The molecule has 0 aromatic heterocycles. The van der Waals surface area contributed by atoms with Gasteiger partial charge < -0.3 is 10.1 Å². The molecule has 2 atom stereocenters. The van der Waals surface area contributed by atoms with E-state index >= 15 is 0 Å². The first-order valence-electron chi connectivity index (χ1n) is 7.57. The summed E-state index contributed by atoms with van der Waals surface area (Å²) in [6.07, 6.45) is 1.96. The number of ether oxygens (including phenoxy) is 1. The maximum absolute atomic E-state index is 12.3. The molecule has 1 aromatic rings. The Bertz CT molecular complexity index is 672. The number of ketones is 1. The molecule has 1 amide bonds. The molecule has 0 spiro atoms. The van der Waals surface area contributed by atoms with E-state index in [2.05, 4.69) is 5.32 Å². The molecule has 0 aliphatic heterocycles. The van der Waals surface area contributed by atoms with Gasteiger partial charge in [0.25, 0.3) is 11.6 Å². The van der Waals surface area contributed by atoms with Crippen LogP contribution in [0.5, 0.6) is 0 Å². The number of hydrogen-bond donors (Lipinski definition) is 1. The number of carbonyl (C=O) groups is 3. The van der Waals surface area contributed by atoms with E-state index < -0.39 is 22.8 Å². The van der Waals surface area contributed by atoms with E-state index in [1.54, 1.807) is 0 Å². The number of Topliss-reactive ketones (excluding diaryl/α,β-unsaturated/α-hetero) is 1. The van der Waals surface area contributed by atoms with Crippen molar-refractivity contribution < 1.29 is 24.0 Å². The number of carbonyl (C=O) groups excluding carboxylic acids is 3. The molecule has 1 fully saturated rings. The Morgan fingerprint density at radius 2 is 2.17 bits per heavy atom. The van der Waals surface area contributed by atoms with Crippen LogP contribution in [0.3, 0.4) is 0 Å². The topological polar surface area (TPSA) is 116 Å². The van der Waals surface area contributed by atoms with Crippen molar-refractivity contribution in [2.75, 3.05) is 7.11 Å². The summed E-state index contributed by atoms with van der Waals surface area (Å²) in [6.45, 7) is 0. The second kappa shape index (κ2) is 7.67. The summed E-state index contributed by atoms with van der Waals surface area (Å²) in [4.78, 5) is 46.2. The van der Waals surface area contributed by atoms with Crippen molar-refractivity contribution in [2.45, 2.75) is 31.7 Å². The Labute approximate surface area is 138 Å². The predicted molar refractivity (Wildman–Crippen MR) is 83.3 cm³/mol. The summed E-state index contributed by atoms with van der Waals surface area (Å²) < 4.78 is 4.73. The molecule has 1 aromatic carbocycles. The van der Waals surface area contributed by atoms with Gasteiger partial charge in [0.1, 0.15) is 11.8 Å². The number of amides is 1. The Morgan fingerprint density at radius 1 is 1.42 bits per heavy atom. The Morgan fingerprint density at radius 3 is 2.79 bits per heavy atom. The minimum absolute atomic E-state index is 0.0461. The summed E-state index contributed by atoms with van der Waals surface area (Å²) >= 11 is 0. The highest BCUT2D eigenvalue weighted by molar-refractivity contribution is 5.97. The van der Waals surface area contributed by atoms with Gasteiger partial charge in [0.2, 0.25) is 0 Å². The number of nitro benzene ring substituents is 1. The van der Waals surface area contributed by atoms with Crippen LogP contribution in [-0.4, -0.2) is 35.7 Å². The highest BCUT2D eigenvalue weighted by atomic mass is 16.6. The van der Waals surface area contributed by atoms with Crippen molar-refractivity contribution >= 4 is 23.3 Å². The molecule has 1 N–H and O–H groups in total. The van der Waals surface area contributed by atoms with Gasteiger partial charge in [-0.2, -0.15) is 0 Å². The minimum Gasteiger partial charge on any atom is -0.467 e. The number of esters is 1. The molecule has 1 aliphatic carbocycles. The number of nitrogens with one attached hydrogen (secondary N) is 1. The van der Waals surface area contributed by atoms with Crippen LogP contribution in [-0.2, 0) is 14.3 Å².